The Labute approximate surface area is 94.1 Å². The molecule has 94 valence electrons. The Balaban J connectivity index is 2.74. The molecular weight excluding hydrogens is 242 g/mol. The van der Waals surface area contributed by atoms with Crippen LogP contribution in [0.1, 0.15) is 5.56 Å². The molecule has 3 nitrogen and oxygen atoms in total. The fourth-order valence-corrected chi connectivity index (χ4v) is 1.01. The first-order valence-corrected chi connectivity index (χ1v) is 4.55. The van der Waals surface area contributed by atoms with Crippen molar-refractivity contribution in [2.24, 2.45) is 0 Å². The van der Waals surface area contributed by atoms with Gasteiger partial charge in [0.2, 0.25) is 0 Å². The van der Waals surface area contributed by atoms with Gasteiger partial charge in [-0.3, -0.25) is 4.79 Å². The van der Waals surface area contributed by atoms with Gasteiger partial charge < -0.3 is 10.4 Å². The molecule has 0 spiro atoms. The average molecular weight is 251 g/mol. The van der Waals surface area contributed by atoms with Crippen LogP contribution in [0.4, 0.5) is 23.2 Å². The van der Waals surface area contributed by atoms with Crippen molar-refractivity contribution in [1.82, 2.24) is 0 Å². The summed E-state index contributed by atoms with van der Waals surface area (Å²) >= 11 is 0. The number of anilines is 1. The first-order valence-electron chi connectivity index (χ1n) is 4.55. The van der Waals surface area contributed by atoms with Crippen molar-refractivity contribution in [3.8, 4) is 0 Å². The Morgan fingerprint density at radius 2 is 1.82 bits per heavy atom. The predicted molar refractivity (Wildman–Crippen MR) is 51.9 cm³/mol. The van der Waals surface area contributed by atoms with E-state index in [1.807, 2.05) is 0 Å². The molecule has 0 saturated carbocycles. The number of benzene rings is 1. The minimum atomic E-state index is -4.73. The van der Waals surface area contributed by atoms with Crippen LogP contribution < -0.4 is 5.32 Å². The van der Waals surface area contributed by atoms with E-state index in [0.717, 1.165) is 0 Å². The summed E-state index contributed by atoms with van der Waals surface area (Å²) in [4.78, 5) is 10.8. The lowest BCUT2D eigenvalue weighted by atomic mass is 10.2. The van der Waals surface area contributed by atoms with E-state index in [9.17, 15) is 22.4 Å². The zero-order valence-electron chi connectivity index (χ0n) is 8.46. The molecule has 1 aromatic rings. The topological polar surface area (TPSA) is 49.3 Å². The molecule has 0 heterocycles. The van der Waals surface area contributed by atoms with Crippen LogP contribution in [0.5, 0.6) is 0 Å². The molecule has 0 radical (unpaired) electrons. The summed E-state index contributed by atoms with van der Waals surface area (Å²) in [6.45, 7) is -0.249. The fraction of sp³-hybridized carbons (Fsp3) is 0.300. The molecule has 0 aliphatic heterocycles. The third kappa shape index (κ3) is 3.16. The first-order chi connectivity index (χ1) is 7.87. The van der Waals surface area contributed by atoms with Gasteiger partial charge in [-0.25, -0.2) is 8.78 Å². The summed E-state index contributed by atoms with van der Waals surface area (Å²) in [5.41, 5.74) is 0.455. The molecule has 1 amide bonds. The van der Waals surface area contributed by atoms with Crippen LogP contribution >= 0.6 is 0 Å². The van der Waals surface area contributed by atoms with Gasteiger partial charge in [0, 0.05) is 5.69 Å². The van der Waals surface area contributed by atoms with Crippen molar-refractivity contribution in [2.45, 2.75) is 19.0 Å². The summed E-state index contributed by atoms with van der Waals surface area (Å²) < 4.78 is 48.8. The summed E-state index contributed by atoms with van der Waals surface area (Å²) in [5, 5.41) is 10.4. The van der Waals surface area contributed by atoms with Crippen molar-refractivity contribution < 1.29 is 27.5 Å². The molecule has 17 heavy (non-hydrogen) atoms. The molecule has 0 aromatic heterocycles. The van der Waals surface area contributed by atoms with Crippen molar-refractivity contribution >= 4 is 11.6 Å². The average Bonchev–Trinajstić information content (AvgIpc) is 2.29. The number of aliphatic hydroxyl groups is 1. The van der Waals surface area contributed by atoms with Crippen LogP contribution in [0.15, 0.2) is 24.3 Å². The van der Waals surface area contributed by atoms with Gasteiger partial charge in [0.25, 0.3) is 0 Å². The van der Waals surface area contributed by atoms with Gasteiger partial charge in [0.1, 0.15) is 0 Å². The maximum atomic E-state index is 12.6. The lowest BCUT2D eigenvalue weighted by Crippen LogP contribution is -2.40. The molecule has 1 rings (SSSR count). The molecule has 0 atom stereocenters. The predicted octanol–water partition coefficient (Wildman–Crippen LogP) is 2.02. The largest absolute Gasteiger partial charge is 0.392 e. The molecule has 2 N–H and O–H groups in total. The normalized spacial score (nSPS) is 11.6. The summed E-state index contributed by atoms with van der Waals surface area (Å²) in [5.74, 6) is -6.79. The highest BCUT2D eigenvalue weighted by Crippen LogP contribution is 2.24. The van der Waals surface area contributed by atoms with Gasteiger partial charge in [-0.15, -0.1) is 0 Å². The van der Waals surface area contributed by atoms with Crippen LogP contribution in [-0.4, -0.2) is 23.4 Å². The number of amides is 1. The van der Waals surface area contributed by atoms with Crippen molar-refractivity contribution in [3.05, 3.63) is 29.8 Å². The monoisotopic (exact) mass is 251 g/mol. The number of nitrogens with one attached hydrogen (secondary N) is 1. The van der Waals surface area contributed by atoms with E-state index in [0.29, 0.717) is 5.56 Å². The zero-order valence-corrected chi connectivity index (χ0v) is 8.46. The maximum absolute atomic E-state index is 12.6. The number of hydrogen-bond donors (Lipinski definition) is 2. The number of alkyl halides is 4. The second-order valence-electron chi connectivity index (χ2n) is 3.23. The minimum absolute atomic E-state index is 0.0486. The lowest BCUT2D eigenvalue weighted by Gasteiger charge is -2.14. The molecule has 0 saturated heterocycles. The van der Waals surface area contributed by atoms with Crippen LogP contribution in [0, 0.1) is 0 Å². The van der Waals surface area contributed by atoms with Gasteiger partial charge in [-0.1, -0.05) is 12.1 Å². The number of aliphatic hydroxyl groups excluding tert-OH is 1. The van der Waals surface area contributed by atoms with Crippen LogP contribution in [-0.2, 0) is 11.4 Å². The third-order valence-electron chi connectivity index (χ3n) is 1.97. The Kier molecular flexibility index (Phi) is 4.06. The van der Waals surface area contributed by atoms with Crippen molar-refractivity contribution in [2.75, 3.05) is 5.32 Å². The van der Waals surface area contributed by atoms with Crippen molar-refractivity contribution in [3.63, 3.8) is 0 Å². The Morgan fingerprint density at radius 3 is 2.24 bits per heavy atom. The molecule has 0 fully saturated rings. The maximum Gasteiger partial charge on any atom is 0.383 e. The van der Waals surface area contributed by atoms with Gasteiger partial charge in [-0.05, 0) is 17.7 Å². The second-order valence-corrected chi connectivity index (χ2v) is 3.23. The van der Waals surface area contributed by atoms with Gasteiger partial charge in [-0.2, -0.15) is 8.78 Å². The zero-order chi connectivity index (χ0) is 13.1. The Hall–Kier alpha value is -1.63. The highest BCUT2D eigenvalue weighted by Gasteiger charge is 2.48. The van der Waals surface area contributed by atoms with E-state index < -0.39 is 18.3 Å². The standard InChI is InChI=1S/C10H9F4NO2/c11-8(12)10(13,14)9(17)15-7-3-1-6(5-16)2-4-7/h1-4,8,16H,5H2,(H,15,17). The number of halogens is 4. The smallest absolute Gasteiger partial charge is 0.383 e. The lowest BCUT2D eigenvalue weighted by molar-refractivity contribution is -0.163. The second kappa shape index (κ2) is 5.13. The summed E-state index contributed by atoms with van der Waals surface area (Å²) in [6.07, 6.45) is -4.06. The number of carbonyl (C=O) groups excluding carboxylic acids is 1. The van der Waals surface area contributed by atoms with Crippen LogP contribution in [0.3, 0.4) is 0 Å². The van der Waals surface area contributed by atoms with E-state index in [-0.39, 0.29) is 12.3 Å². The van der Waals surface area contributed by atoms with E-state index in [2.05, 4.69) is 0 Å². The first kappa shape index (κ1) is 13.4. The SMILES string of the molecule is O=C(Nc1ccc(CO)cc1)C(F)(F)C(F)F. The fourth-order valence-electron chi connectivity index (χ4n) is 1.01. The minimum Gasteiger partial charge on any atom is -0.392 e. The van der Waals surface area contributed by atoms with Gasteiger partial charge >= 0.3 is 18.3 Å². The van der Waals surface area contributed by atoms with E-state index >= 15 is 0 Å². The van der Waals surface area contributed by atoms with Crippen LogP contribution in [0.2, 0.25) is 0 Å². The highest BCUT2D eigenvalue weighted by atomic mass is 19.3. The molecule has 0 aliphatic carbocycles. The third-order valence-corrected chi connectivity index (χ3v) is 1.97. The van der Waals surface area contributed by atoms with E-state index in [1.165, 1.54) is 24.3 Å². The Morgan fingerprint density at radius 1 is 1.29 bits per heavy atom. The summed E-state index contributed by atoms with van der Waals surface area (Å²) in [7, 11) is 0. The van der Waals surface area contributed by atoms with Crippen molar-refractivity contribution in [1.29, 1.82) is 0 Å². The summed E-state index contributed by atoms with van der Waals surface area (Å²) in [6, 6.07) is 5.20. The van der Waals surface area contributed by atoms with Crippen LogP contribution in [0.25, 0.3) is 0 Å². The van der Waals surface area contributed by atoms with E-state index in [1.54, 1.807) is 5.32 Å². The molecule has 0 unspecified atom stereocenters. The van der Waals surface area contributed by atoms with E-state index in [4.69, 9.17) is 5.11 Å². The molecule has 0 bridgehead atoms. The quantitative estimate of drug-likeness (QED) is 0.804. The highest BCUT2D eigenvalue weighted by molar-refractivity contribution is 5.96. The number of rotatable bonds is 4. The number of hydrogen-bond acceptors (Lipinski definition) is 2. The molecule has 0 aliphatic rings. The molecule has 1 aromatic carbocycles. The molecule has 7 heteroatoms. The van der Waals surface area contributed by atoms with Gasteiger partial charge in [0.15, 0.2) is 0 Å². The Bertz CT molecular complexity index is 392. The molecular formula is C10H9F4NO2. The van der Waals surface area contributed by atoms with Gasteiger partial charge in [0.05, 0.1) is 6.61 Å². The number of carbonyl (C=O) groups is 1.